The highest BCUT2D eigenvalue weighted by Crippen LogP contribution is 2.42. The molecule has 1 saturated heterocycles. The van der Waals surface area contributed by atoms with E-state index in [2.05, 4.69) is 20.6 Å². The van der Waals surface area contributed by atoms with Gasteiger partial charge in [0.05, 0.1) is 11.4 Å². The minimum Gasteiger partial charge on any atom is -0.383 e. The number of hydrogen-bond donors (Lipinski definition) is 3. The lowest BCUT2D eigenvalue weighted by Crippen LogP contribution is -2.31. The largest absolute Gasteiger partial charge is 0.383 e. The van der Waals surface area contributed by atoms with Crippen molar-refractivity contribution in [1.82, 2.24) is 25.1 Å². The van der Waals surface area contributed by atoms with Gasteiger partial charge in [-0.2, -0.15) is 5.10 Å². The quantitative estimate of drug-likeness (QED) is 0.463. The lowest BCUT2D eigenvalue weighted by Gasteiger charge is -2.23. The van der Waals surface area contributed by atoms with E-state index in [1.54, 1.807) is 6.07 Å². The number of nitrogens with one attached hydrogen (secondary N) is 2. The molecule has 8 heteroatoms. The van der Waals surface area contributed by atoms with Crippen LogP contribution in [0.15, 0.2) is 60.9 Å². The lowest BCUT2D eigenvalue weighted by atomic mass is 10.0. The molecule has 2 aromatic heterocycles. The molecule has 1 aliphatic heterocycles. The monoisotopic (exact) mass is 425 g/mol. The maximum atomic E-state index is 12.8. The second kappa shape index (κ2) is 7.42. The number of fused-ring (bicyclic) bond motifs is 3. The molecule has 2 aromatic carbocycles. The summed E-state index contributed by atoms with van der Waals surface area (Å²) in [6.07, 6.45) is 3.69. The van der Waals surface area contributed by atoms with Crippen LogP contribution in [0.3, 0.4) is 0 Å². The molecule has 1 saturated carbocycles. The number of rotatable bonds is 4. The maximum Gasteiger partial charge on any atom is 0.255 e. The standard InChI is InChI=1S/C24H23N7O/c25-22-20-21(14-5-4-6-15(9-14)24(32)29-17-7-2-1-3-8-17)30-31(23(20)28-13-27-22)19-11-18-10-16(19)12-26-18/h1-9,13,16,18-19,26H,10-12H2,(H,29,32)(H2,25,27,28). The Morgan fingerprint density at radius 3 is 2.75 bits per heavy atom. The average molecular weight is 425 g/mol. The van der Waals surface area contributed by atoms with Crippen molar-refractivity contribution in [2.24, 2.45) is 5.92 Å². The number of nitrogens with zero attached hydrogens (tertiary/aromatic N) is 4. The Kier molecular flexibility index (Phi) is 4.39. The Hall–Kier alpha value is -3.78. The van der Waals surface area contributed by atoms with Gasteiger partial charge in [-0.25, -0.2) is 14.6 Å². The summed E-state index contributed by atoms with van der Waals surface area (Å²) in [6, 6.07) is 17.7. The normalized spacial score (nSPS) is 21.8. The third-order valence-electron chi connectivity index (χ3n) is 6.59. The molecular weight excluding hydrogens is 402 g/mol. The minimum atomic E-state index is -0.176. The molecule has 2 bridgehead atoms. The number of hydrogen-bond acceptors (Lipinski definition) is 6. The van der Waals surface area contributed by atoms with Crippen molar-refractivity contribution < 1.29 is 4.79 Å². The fraction of sp³-hybridized carbons (Fsp3) is 0.250. The van der Waals surface area contributed by atoms with Crippen LogP contribution < -0.4 is 16.4 Å². The number of nitrogens with two attached hydrogens (primary N) is 1. The van der Waals surface area contributed by atoms with Gasteiger partial charge in [0.25, 0.3) is 5.91 Å². The van der Waals surface area contributed by atoms with Crippen molar-refractivity contribution in [1.29, 1.82) is 0 Å². The van der Waals surface area contributed by atoms with Crippen LogP contribution in [-0.4, -0.2) is 38.2 Å². The summed E-state index contributed by atoms with van der Waals surface area (Å²) < 4.78 is 2.03. The van der Waals surface area contributed by atoms with Crippen LogP contribution in [0.2, 0.25) is 0 Å². The van der Waals surface area contributed by atoms with Gasteiger partial charge in [0.2, 0.25) is 0 Å². The fourth-order valence-electron chi connectivity index (χ4n) is 5.07. The topological polar surface area (TPSA) is 111 Å². The Morgan fingerprint density at radius 1 is 1.09 bits per heavy atom. The highest BCUT2D eigenvalue weighted by atomic mass is 16.1. The van der Waals surface area contributed by atoms with Gasteiger partial charge in [0.1, 0.15) is 17.8 Å². The van der Waals surface area contributed by atoms with Crippen molar-refractivity contribution in [3.63, 3.8) is 0 Å². The number of aromatic nitrogens is 4. The summed E-state index contributed by atoms with van der Waals surface area (Å²) in [5, 5.41) is 12.2. The first kappa shape index (κ1) is 18.9. The number of piperidine rings is 1. The van der Waals surface area contributed by atoms with E-state index in [0.717, 1.165) is 41.7 Å². The predicted octanol–water partition coefficient (Wildman–Crippen LogP) is 3.25. The molecule has 2 aliphatic rings. The summed E-state index contributed by atoms with van der Waals surface area (Å²) in [4.78, 5) is 21.6. The molecule has 8 nitrogen and oxygen atoms in total. The highest BCUT2D eigenvalue weighted by molar-refractivity contribution is 6.06. The molecule has 2 fully saturated rings. The van der Waals surface area contributed by atoms with Crippen LogP contribution in [-0.2, 0) is 0 Å². The van der Waals surface area contributed by atoms with Gasteiger partial charge >= 0.3 is 0 Å². The highest BCUT2D eigenvalue weighted by Gasteiger charge is 2.42. The molecule has 4 aromatic rings. The van der Waals surface area contributed by atoms with Crippen molar-refractivity contribution in [3.8, 4) is 11.3 Å². The van der Waals surface area contributed by atoms with Gasteiger partial charge in [-0.3, -0.25) is 4.79 Å². The van der Waals surface area contributed by atoms with Crippen LogP contribution in [0, 0.1) is 5.92 Å². The molecule has 0 spiro atoms. The van der Waals surface area contributed by atoms with Crippen LogP contribution in [0.4, 0.5) is 11.5 Å². The number of nitrogen functional groups attached to an aromatic ring is 1. The summed E-state index contributed by atoms with van der Waals surface area (Å²) >= 11 is 0. The summed E-state index contributed by atoms with van der Waals surface area (Å²) in [5.41, 5.74) is 9.87. The SMILES string of the molecule is Nc1ncnc2c1c(-c1cccc(C(=O)Nc3ccccc3)c1)nn2C1CC2CC1CN2. The molecule has 1 amide bonds. The van der Waals surface area contributed by atoms with Crippen molar-refractivity contribution in [3.05, 3.63) is 66.5 Å². The van der Waals surface area contributed by atoms with E-state index in [0.29, 0.717) is 29.0 Å². The van der Waals surface area contributed by atoms with E-state index >= 15 is 0 Å². The molecule has 0 radical (unpaired) electrons. The van der Waals surface area contributed by atoms with Crippen molar-refractivity contribution >= 4 is 28.4 Å². The number of carbonyl (C=O) groups is 1. The zero-order chi connectivity index (χ0) is 21.7. The Morgan fingerprint density at radius 2 is 1.97 bits per heavy atom. The first-order chi connectivity index (χ1) is 15.7. The van der Waals surface area contributed by atoms with Crippen LogP contribution in [0.5, 0.6) is 0 Å². The van der Waals surface area contributed by atoms with Gasteiger partial charge in [-0.05, 0) is 43.0 Å². The number of carbonyl (C=O) groups excluding carboxylic acids is 1. The van der Waals surface area contributed by atoms with E-state index < -0.39 is 0 Å². The zero-order valence-corrected chi connectivity index (χ0v) is 17.4. The van der Waals surface area contributed by atoms with E-state index in [1.165, 1.54) is 6.33 Å². The molecule has 1 aliphatic carbocycles. The molecule has 6 rings (SSSR count). The zero-order valence-electron chi connectivity index (χ0n) is 17.4. The van der Waals surface area contributed by atoms with E-state index in [-0.39, 0.29) is 11.9 Å². The number of benzene rings is 2. The van der Waals surface area contributed by atoms with Crippen molar-refractivity contribution in [2.75, 3.05) is 17.6 Å². The lowest BCUT2D eigenvalue weighted by molar-refractivity contribution is 0.102. The van der Waals surface area contributed by atoms with Crippen LogP contribution >= 0.6 is 0 Å². The summed E-state index contributed by atoms with van der Waals surface area (Å²) in [5.74, 6) is 0.761. The molecule has 160 valence electrons. The summed E-state index contributed by atoms with van der Waals surface area (Å²) in [7, 11) is 0. The third-order valence-corrected chi connectivity index (χ3v) is 6.59. The van der Waals surface area contributed by atoms with Gasteiger partial charge in [0.15, 0.2) is 5.65 Å². The summed E-state index contributed by atoms with van der Waals surface area (Å²) in [6.45, 7) is 1.00. The number of para-hydroxylation sites is 1. The van der Waals surface area contributed by atoms with Gasteiger partial charge in [0, 0.05) is 29.4 Å². The van der Waals surface area contributed by atoms with Gasteiger partial charge in [-0.1, -0.05) is 30.3 Å². The molecule has 4 N–H and O–H groups in total. The second-order valence-electron chi connectivity index (χ2n) is 8.56. The van der Waals surface area contributed by atoms with Crippen LogP contribution in [0.1, 0.15) is 29.2 Å². The smallest absolute Gasteiger partial charge is 0.255 e. The Labute approximate surface area is 184 Å². The van der Waals surface area contributed by atoms with Gasteiger partial charge < -0.3 is 16.4 Å². The van der Waals surface area contributed by atoms with Crippen LogP contribution in [0.25, 0.3) is 22.3 Å². The van der Waals surface area contributed by atoms with Gasteiger partial charge in [-0.15, -0.1) is 0 Å². The molecular formula is C24H23N7O. The molecule has 3 unspecified atom stereocenters. The first-order valence-electron chi connectivity index (χ1n) is 10.9. The Balaban J connectivity index is 1.41. The first-order valence-corrected chi connectivity index (χ1v) is 10.9. The Bertz CT molecular complexity index is 1320. The second-order valence-corrected chi connectivity index (χ2v) is 8.56. The maximum absolute atomic E-state index is 12.8. The van der Waals surface area contributed by atoms with Crippen molar-refractivity contribution in [2.45, 2.75) is 24.9 Å². The van der Waals surface area contributed by atoms with E-state index in [4.69, 9.17) is 10.8 Å². The molecule has 3 heterocycles. The molecule has 3 atom stereocenters. The third kappa shape index (κ3) is 3.11. The minimum absolute atomic E-state index is 0.176. The average Bonchev–Trinajstić information content (AvgIpc) is 3.54. The number of anilines is 2. The fourth-order valence-corrected chi connectivity index (χ4v) is 5.07. The molecule has 32 heavy (non-hydrogen) atoms. The van der Waals surface area contributed by atoms with E-state index in [1.807, 2.05) is 53.2 Å². The number of amides is 1. The van der Waals surface area contributed by atoms with E-state index in [9.17, 15) is 4.79 Å². The predicted molar refractivity (Wildman–Crippen MR) is 123 cm³/mol.